The maximum Gasteiger partial charge on any atom is 0.143 e. The van der Waals surface area contributed by atoms with E-state index >= 15 is 0 Å². The fraction of sp³-hybridized carbons (Fsp3) is 0.667. The monoisotopic (exact) mass is 313 g/mol. The van der Waals surface area contributed by atoms with Crippen LogP contribution < -0.4 is 0 Å². The van der Waals surface area contributed by atoms with E-state index in [1.54, 1.807) is 0 Å². The van der Waals surface area contributed by atoms with Crippen molar-refractivity contribution in [1.82, 2.24) is 0 Å². The van der Waals surface area contributed by atoms with Crippen LogP contribution in [-0.2, 0) is 10.2 Å². The summed E-state index contributed by atoms with van der Waals surface area (Å²) in [7, 11) is 0. The molecule has 0 spiro atoms. The average molecular weight is 313 g/mol. The number of carbonyl (C=O) groups is 1. The van der Waals surface area contributed by atoms with Crippen LogP contribution in [-0.4, -0.2) is 14.2 Å². The molecule has 1 aromatic rings. The zero-order valence-electron chi connectivity index (χ0n) is 15.6. The molecule has 0 bridgehead atoms. The van der Waals surface area contributed by atoms with Crippen LogP contribution >= 0.6 is 0 Å². The summed E-state index contributed by atoms with van der Waals surface area (Å²) in [6.07, 6.45) is 9.39. The van der Waals surface area contributed by atoms with E-state index in [0.717, 1.165) is 19.3 Å². The summed E-state index contributed by atoms with van der Waals surface area (Å²) >= 11 is 0. The first kappa shape index (κ1) is 22.0. The molecular formula is C21H34BO. The van der Waals surface area contributed by atoms with Crippen molar-refractivity contribution in [3.8, 4) is 0 Å². The van der Waals surface area contributed by atoms with Crippen LogP contribution in [0.25, 0.3) is 0 Å². The van der Waals surface area contributed by atoms with Gasteiger partial charge in [0.2, 0.25) is 0 Å². The molecule has 0 N–H and O–H groups in total. The van der Waals surface area contributed by atoms with Crippen molar-refractivity contribution in [3.05, 3.63) is 35.9 Å². The lowest BCUT2D eigenvalue weighted by atomic mass is 9.60. The second-order valence-corrected chi connectivity index (χ2v) is 6.08. The minimum Gasteiger partial charge on any atom is -0.299 e. The van der Waals surface area contributed by atoms with Crippen molar-refractivity contribution in [1.29, 1.82) is 0 Å². The fourth-order valence-corrected chi connectivity index (χ4v) is 3.69. The Morgan fingerprint density at radius 2 is 1.48 bits per heavy atom. The van der Waals surface area contributed by atoms with Gasteiger partial charge in [0, 0.05) is 14.8 Å². The molecule has 1 aromatic carbocycles. The molecule has 3 rings (SSSR count). The molecule has 0 aliphatic heterocycles. The highest BCUT2D eigenvalue weighted by Gasteiger charge is 2.45. The minimum atomic E-state index is -0.107. The number of ketones is 1. The van der Waals surface area contributed by atoms with Gasteiger partial charge in [-0.05, 0) is 24.3 Å². The van der Waals surface area contributed by atoms with E-state index in [0.29, 0.717) is 11.7 Å². The van der Waals surface area contributed by atoms with Crippen molar-refractivity contribution < 1.29 is 4.79 Å². The van der Waals surface area contributed by atoms with Gasteiger partial charge in [-0.15, -0.1) is 0 Å². The fourth-order valence-electron chi connectivity index (χ4n) is 3.69. The number of hydrogen-bond donors (Lipinski definition) is 0. The number of Topliss-reactive ketones (excluding diaryl/α,β-unsaturated/α-hetero) is 1. The highest BCUT2D eigenvalue weighted by atomic mass is 16.1. The first-order valence-corrected chi connectivity index (χ1v) is 9.40. The minimum absolute atomic E-state index is 0. The van der Waals surface area contributed by atoms with Crippen LogP contribution in [0.3, 0.4) is 0 Å². The van der Waals surface area contributed by atoms with Gasteiger partial charge in [0.15, 0.2) is 0 Å². The second kappa shape index (κ2) is 11.5. The van der Waals surface area contributed by atoms with Crippen molar-refractivity contribution in [2.45, 2.75) is 84.5 Å². The molecule has 0 atom stereocenters. The molecular weight excluding hydrogens is 279 g/mol. The Kier molecular flexibility index (Phi) is 11.0. The van der Waals surface area contributed by atoms with Gasteiger partial charge in [0.25, 0.3) is 0 Å². The van der Waals surface area contributed by atoms with Crippen LogP contribution in [0.4, 0.5) is 0 Å². The molecule has 2 fully saturated rings. The smallest absolute Gasteiger partial charge is 0.143 e. The Morgan fingerprint density at radius 1 is 0.957 bits per heavy atom. The van der Waals surface area contributed by atoms with Crippen molar-refractivity contribution in [3.63, 3.8) is 0 Å². The summed E-state index contributed by atoms with van der Waals surface area (Å²) in [6, 6.07) is 10.5. The average Bonchev–Trinajstić information content (AvgIpc) is 3.04. The first-order chi connectivity index (χ1) is 10.8. The third-order valence-corrected chi connectivity index (χ3v) is 5.02. The molecule has 3 radical (unpaired) electrons. The van der Waals surface area contributed by atoms with E-state index < -0.39 is 0 Å². The van der Waals surface area contributed by atoms with E-state index in [1.807, 2.05) is 33.8 Å². The Balaban J connectivity index is 0.000000901. The van der Waals surface area contributed by atoms with Crippen LogP contribution in [0.15, 0.2) is 30.3 Å². The number of benzene rings is 1. The highest BCUT2D eigenvalue weighted by molar-refractivity contribution is 5.91. The van der Waals surface area contributed by atoms with Crippen LogP contribution in [0.1, 0.15) is 84.6 Å². The van der Waals surface area contributed by atoms with Gasteiger partial charge in [-0.1, -0.05) is 90.1 Å². The predicted molar refractivity (Wildman–Crippen MR) is 102 cm³/mol. The Hall–Kier alpha value is -1.05. The lowest BCUT2D eigenvalue weighted by Gasteiger charge is -2.41. The SMILES string of the molecule is CC.CC.O=C(CC1CCCC1)C1(c2ccccc2)CCC1.[B]. The molecule has 23 heavy (non-hydrogen) atoms. The number of hydrogen-bond acceptors (Lipinski definition) is 1. The summed E-state index contributed by atoms with van der Waals surface area (Å²) in [5.41, 5.74) is 1.16. The first-order valence-electron chi connectivity index (χ1n) is 9.40. The molecule has 2 saturated carbocycles. The molecule has 0 saturated heterocycles. The molecule has 1 nitrogen and oxygen atoms in total. The standard InChI is InChI=1S/C17H22O.2C2H6.B/c18-16(13-14-7-4-5-8-14)17(11-6-12-17)15-9-2-1-3-10-15;2*1-2;/h1-3,9-10,14H,4-8,11-13H2;2*1-2H3;. The van der Waals surface area contributed by atoms with Gasteiger partial charge in [-0.25, -0.2) is 0 Å². The Labute approximate surface area is 145 Å². The second-order valence-electron chi connectivity index (χ2n) is 6.08. The largest absolute Gasteiger partial charge is 0.299 e. The molecule has 0 amide bonds. The Morgan fingerprint density at radius 3 is 1.91 bits per heavy atom. The topological polar surface area (TPSA) is 17.1 Å². The molecule has 0 aromatic heterocycles. The highest BCUT2D eigenvalue weighted by Crippen LogP contribution is 2.46. The van der Waals surface area contributed by atoms with Gasteiger partial charge in [-0.2, -0.15) is 0 Å². The maximum absolute atomic E-state index is 12.7. The van der Waals surface area contributed by atoms with Gasteiger partial charge >= 0.3 is 0 Å². The number of carbonyl (C=O) groups excluding carboxylic acids is 1. The quantitative estimate of drug-likeness (QED) is 0.630. The Bertz CT molecular complexity index is 417. The van der Waals surface area contributed by atoms with Crippen LogP contribution in [0, 0.1) is 5.92 Å². The third kappa shape index (κ3) is 5.23. The molecule has 2 aliphatic rings. The number of rotatable bonds is 4. The van der Waals surface area contributed by atoms with E-state index in [-0.39, 0.29) is 13.8 Å². The molecule has 127 valence electrons. The summed E-state index contributed by atoms with van der Waals surface area (Å²) in [6.45, 7) is 8.00. The predicted octanol–water partition coefficient (Wildman–Crippen LogP) is 5.93. The van der Waals surface area contributed by atoms with Crippen molar-refractivity contribution >= 4 is 14.2 Å². The maximum atomic E-state index is 12.7. The van der Waals surface area contributed by atoms with E-state index in [1.165, 1.54) is 37.7 Å². The van der Waals surface area contributed by atoms with Crippen molar-refractivity contribution in [2.24, 2.45) is 5.92 Å². The summed E-state index contributed by atoms with van der Waals surface area (Å²) < 4.78 is 0. The zero-order valence-corrected chi connectivity index (χ0v) is 15.6. The van der Waals surface area contributed by atoms with E-state index in [4.69, 9.17) is 0 Å². The van der Waals surface area contributed by atoms with Gasteiger partial charge < -0.3 is 0 Å². The molecule has 0 heterocycles. The lowest BCUT2D eigenvalue weighted by Crippen LogP contribution is -2.43. The van der Waals surface area contributed by atoms with E-state index in [2.05, 4.69) is 24.3 Å². The van der Waals surface area contributed by atoms with Crippen LogP contribution in [0.2, 0.25) is 0 Å². The molecule has 0 unspecified atom stereocenters. The lowest BCUT2D eigenvalue weighted by molar-refractivity contribution is -0.128. The van der Waals surface area contributed by atoms with Gasteiger partial charge in [0.05, 0.1) is 5.41 Å². The van der Waals surface area contributed by atoms with E-state index in [9.17, 15) is 4.79 Å². The third-order valence-electron chi connectivity index (χ3n) is 5.02. The van der Waals surface area contributed by atoms with Crippen LogP contribution in [0.5, 0.6) is 0 Å². The summed E-state index contributed by atoms with van der Waals surface area (Å²) in [5.74, 6) is 1.20. The zero-order chi connectivity index (χ0) is 16.4. The van der Waals surface area contributed by atoms with Gasteiger partial charge in [0.1, 0.15) is 5.78 Å². The molecule has 2 aliphatic carbocycles. The normalized spacial score (nSPS) is 18.3. The van der Waals surface area contributed by atoms with Crippen molar-refractivity contribution in [2.75, 3.05) is 0 Å². The van der Waals surface area contributed by atoms with Gasteiger partial charge in [-0.3, -0.25) is 4.79 Å². The summed E-state index contributed by atoms with van der Waals surface area (Å²) in [5, 5.41) is 0. The molecule has 2 heteroatoms. The summed E-state index contributed by atoms with van der Waals surface area (Å²) in [4.78, 5) is 12.7.